The molecule has 2 unspecified atom stereocenters. The molecule has 0 bridgehead atoms. The lowest BCUT2D eigenvalue weighted by atomic mass is 9.86. The van der Waals surface area contributed by atoms with Crippen LogP contribution in [0.15, 0.2) is 0 Å². The fourth-order valence-electron chi connectivity index (χ4n) is 2.03. The highest BCUT2D eigenvalue weighted by Gasteiger charge is 2.25. The molecule has 0 aliphatic heterocycles. The molecule has 0 fully saturated rings. The van der Waals surface area contributed by atoms with E-state index in [0.717, 1.165) is 6.61 Å². The van der Waals surface area contributed by atoms with E-state index >= 15 is 0 Å². The van der Waals surface area contributed by atoms with Crippen LogP contribution < -0.4 is 5.32 Å². The van der Waals surface area contributed by atoms with Gasteiger partial charge in [-0.2, -0.15) is 0 Å². The standard InChI is InChI=1S/C14H31NO/c1-8-16-13(11(2)3)12(15-7)9-10-14(4,5)6/h11-13,15H,8-10H2,1-7H3. The van der Waals surface area contributed by atoms with E-state index < -0.39 is 0 Å². The minimum Gasteiger partial charge on any atom is -0.377 e. The zero-order valence-corrected chi connectivity index (χ0v) is 12.3. The van der Waals surface area contributed by atoms with E-state index in [-0.39, 0.29) is 0 Å². The van der Waals surface area contributed by atoms with Crippen molar-refractivity contribution in [2.45, 2.75) is 66.5 Å². The van der Waals surface area contributed by atoms with Crippen LogP contribution in [-0.4, -0.2) is 25.8 Å². The van der Waals surface area contributed by atoms with E-state index in [2.05, 4.69) is 46.9 Å². The molecule has 2 nitrogen and oxygen atoms in total. The van der Waals surface area contributed by atoms with Gasteiger partial charge < -0.3 is 10.1 Å². The van der Waals surface area contributed by atoms with Gasteiger partial charge in [-0.1, -0.05) is 34.6 Å². The van der Waals surface area contributed by atoms with Gasteiger partial charge in [-0.3, -0.25) is 0 Å². The maximum absolute atomic E-state index is 5.86. The van der Waals surface area contributed by atoms with Gasteiger partial charge >= 0.3 is 0 Å². The SMILES string of the molecule is CCOC(C(C)C)C(CCC(C)(C)C)NC. The van der Waals surface area contributed by atoms with Gasteiger partial charge in [0.15, 0.2) is 0 Å². The molecule has 0 heterocycles. The third-order valence-corrected chi connectivity index (χ3v) is 2.99. The predicted molar refractivity (Wildman–Crippen MR) is 71.8 cm³/mol. The summed E-state index contributed by atoms with van der Waals surface area (Å²) in [6.07, 6.45) is 2.75. The Morgan fingerprint density at radius 3 is 2.06 bits per heavy atom. The largest absolute Gasteiger partial charge is 0.377 e. The molecule has 2 atom stereocenters. The van der Waals surface area contributed by atoms with E-state index in [1.165, 1.54) is 12.8 Å². The molecule has 16 heavy (non-hydrogen) atoms. The molecule has 2 heteroatoms. The zero-order valence-electron chi connectivity index (χ0n) is 12.3. The van der Waals surface area contributed by atoms with Crippen molar-refractivity contribution in [1.29, 1.82) is 0 Å². The normalized spacial score (nSPS) is 16.5. The average molecular weight is 229 g/mol. The van der Waals surface area contributed by atoms with Crippen molar-refractivity contribution in [3.05, 3.63) is 0 Å². The second-order valence-corrected chi connectivity index (χ2v) is 6.16. The van der Waals surface area contributed by atoms with E-state index in [9.17, 15) is 0 Å². The van der Waals surface area contributed by atoms with Crippen LogP contribution >= 0.6 is 0 Å². The first-order valence-corrected chi connectivity index (χ1v) is 6.60. The Labute approximate surface area is 102 Å². The Kier molecular flexibility index (Phi) is 7.25. The van der Waals surface area contributed by atoms with Crippen molar-refractivity contribution in [3.8, 4) is 0 Å². The number of rotatable bonds is 7. The molecular formula is C14H31NO. The first-order chi connectivity index (χ1) is 7.31. The quantitative estimate of drug-likeness (QED) is 0.722. The summed E-state index contributed by atoms with van der Waals surface area (Å²) in [7, 11) is 2.04. The van der Waals surface area contributed by atoms with Gasteiger partial charge in [0.25, 0.3) is 0 Å². The molecule has 0 saturated heterocycles. The summed E-state index contributed by atoms with van der Waals surface area (Å²) >= 11 is 0. The lowest BCUT2D eigenvalue weighted by molar-refractivity contribution is 0.000978. The molecule has 0 aromatic heterocycles. The zero-order chi connectivity index (χ0) is 12.8. The third-order valence-electron chi connectivity index (χ3n) is 2.99. The summed E-state index contributed by atoms with van der Waals surface area (Å²) in [5, 5.41) is 3.42. The van der Waals surface area contributed by atoms with Crippen LogP contribution in [0.5, 0.6) is 0 Å². The number of ether oxygens (including phenoxy) is 1. The fourth-order valence-corrected chi connectivity index (χ4v) is 2.03. The number of hydrogen-bond acceptors (Lipinski definition) is 2. The molecule has 0 amide bonds. The summed E-state index contributed by atoms with van der Waals surface area (Å²) in [5.41, 5.74) is 0.406. The van der Waals surface area contributed by atoms with Crippen LogP contribution in [0.3, 0.4) is 0 Å². The monoisotopic (exact) mass is 229 g/mol. The highest BCUT2D eigenvalue weighted by atomic mass is 16.5. The molecule has 0 aromatic rings. The summed E-state index contributed by atoms with van der Waals surface area (Å²) in [6.45, 7) is 14.2. The van der Waals surface area contributed by atoms with Crippen molar-refractivity contribution < 1.29 is 4.74 Å². The third kappa shape index (κ3) is 6.49. The van der Waals surface area contributed by atoms with Gasteiger partial charge in [0.05, 0.1) is 6.10 Å². The Hall–Kier alpha value is -0.0800. The second-order valence-electron chi connectivity index (χ2n) is 6.16. The molecule has 1 N–H and O–H groups in total. The summed E-state index contributed by atoms with van der Waals surface area (Å²) in [4.78, 5) is 0. The lowest BCUT2D eigenvalue weighted by Gasteiger charge is -2.31. The van der Waals surface area contributed by atoms with E-state index in [1.54, 1.807) is 0 Å². The number of hydrogen-bond donors (Lipinski definition) is 1. The minimum absolute atomic E-state index is 0.331. The minimum atomic E-state index is 0.331. The van der Waals surface area contributed by atoms with E-state index in [0.29, 0.717) is 23.5 Å². The number of likely N-dealkylation sites (N-methyl/N-ethyl adjacent to an activating group) is 1. The van der Waals surface area contributed by atoms with Crippen molar-refractivity contribution in [1.82, 2.24) is 5.32 Å². The van der Waals surface area contributed by atoms with Crippen LogP contribution in [0.4, 0.5) is 0 Å². The molecule has 0 saturated carbocycles. The highest BCUT2D eigenvalue weighted by molar-refractivity contribution is 4.80. The molecule has 0 radical (unpaired) electrons. The van der Waals surface area contributed by atoms with E-state index in [1.807, 2.05) is 7.05 Å². The maximum Gasteiger partial charge on any atom is 0.0750 e. The van der Waals surface area contributed by atoms with Gasteiger partial charge in [0, 0.05) is 12.6 Å². The van der Waals surface area contributed by atoms with Crippen molar-refractivity contribution in [3.63, 3.8) is 0 Å². The van der Waals surface area contributed by atoms with Gasteiger partial charge in [-0.15, -0.1) is 0 Å². The average Bonchev–Trinajstić information content (AvgIpc) is 2.15. The number of nitrogens with one attached hydrogen (secondary N) is 1. The van der Waals surface area contributed by atoms with Crippen LogP contribution in [0.2, 0.25) is 0 Å². The summed E-state index contributed by atoms with van der Waals surface area (Å²) in [6, 6.07) is 0.471. The van der Waals surface area contributed by atoms with Crippen molar-refractivity contribution in [2.75, 3.05) is 13.7 Å². The second kappa shape index (κ2) is 7.29. The predicted octanol–water partition coefficient (Wildman–Crippen LogP) is 3.46. The molecule has 98 valence electrons. The van der Waals surface area contributed by atoms with Crippen LogP contribution in [0, 0.1) is 11.3 Å². The topological polar surface area (TPSA) is 21.3 Å². The van der Waals surface area contributed by atoms with Crippen LogP contribution in [0.1, 0.15) is 54.4 Å². The summed E-state index contributed by atoms with van der Waals surface area (Å²) in [5.74, 6) is 0.567. The first-order valence-electron chi connectivity index (χ1n) is 6.60. The van der Waals surface area contributed by atoms with Crippen LogP contribution in [-0.2, 0) is 4.74 Å². The Morgan fingerprint density at radius 1 is 1.19 bits per heavy atom. The molecular weight excluding hydrogens is 198 g/mol. The smallest absolute Gasteiger partial charge is 0.0750 e. The van der Waals surface area contributed by atoms with Gasteiger partial charge in [-0.25, -0.2) is 0 Å². The van der Waals surface area contributed by atoms with Gasteiger partial charge in [0.1, 0.15) is 0 Å². The molecule has 0 aromatic carbocycles. The molecule has 0 spiro atoms. The molecule has 0 aliphatic carbocycles. The summed E-state index contributed by atoms with van der Waals surface area (Å²) < 4.78 is 5.86. The Balaban J connectivity index is 4.31. The van der Waals surface area contributed by atoms with Gasteiger partial charge in [-0.05, 0) is 38.1 Å². The van der Waals surface area contributed by atoms with Crippen LogP contribution in [0.25, 0.3) is 0 Å². The van der Waals surface area contributed by atoms with Gasteiger partial charge in [0.2, 0.25) is 0 Å². The molecule has 0 aliphatic rings. The van der Waals surface area contributed by atoms with E-state index in [4.69, 9.17) is 4.74 Å². The highest BCUT2D eigenvalue weighted by Crippen LogP contribution is 2.24. The van der Waals surface area contributed by atoms with Crippen molar-refractivity contribution in [2.24, 2.45) is 11.3 Å². The first kappa shape index (κ1) is 15.9. The Bertz CT molecular complexity index is 172. The van der Waals surface area contributed by atoms with Crippen molar-refractivity contribution >= 4 is 0 Å². The lowest BCUT2D eigenvalue weighted by Crippen LogP contribution is -2.43. The fraction of sp³-hybridized carbons (Fsp3) is 1.00. The molecule has 0 rings (SSSR count). The maximum atomic E-state index is 5.86. The Morgan fingerprint density at radius 2 is 1.75 bits per heavy atom.